The van der Waals surface area contributed by atoms with Crippen LogP contribution in [0.1, 0.15) is 25.7 Å². The van der Waals surface area contributed by atoms with Crippen molar-refractivity contribution < 1.29 is 4.74 Å². The molecule has 2 rings (SSSR count). The monoisotopic (exact) mass is 184 g/mol. The molecule has 0 aromatic carbocycles. The number of rotatable bonds is 2. The molecule has 0 bridgehead atoms. The molecule has 1 unspecified atom stereocenters. The van der Waals surface area contributed by atoms with E-state index in [1.165, 1.54) is 25.7 Å². The van der Waals surface area contributed by atoms with Crippen molar-refractivity contribution in [3.8, 4) is 0 Å². The maximum Gasteiger partial charge on any atom is 0.0645 e. The second-order valence-electron chi connectivity index (χ2n) is 4.32. The third-order valence-corrected chi connectivity index (χ3v) is 3.62. The molecule has 0 aromatic rings. The molecule has 2 aliphatic rings. The zero-order chi connectivity index (χ0) is 9.15. The van der Waals surface area contributed by atoms with Gasteiger partial charge in [-0.2, -0.15) is 0 Å². The van der Waals surface area contributed by atoms with Gasteiger partial charge in [0.2, 0.25) is 0 Å². The molecule has 3 nitrogen and oxygen atoms in total. The van der Waals surface area contributed by atoms with E-state index in [4.69, 9.17) is 10.5 Å². The molecule has 1 atom stereocenters. The van der Waals surface area contributed by atoms with Gasteiger partial charge >= 0.3 is 0 Å². The molecule has 0 saturated carbocycles. The third-order valence-electron chi connectivity index (χ3n) is 3.62. The van der Waals surface area contributed by atoms with E-state index in [0.29, 0.717) is 11.5 Å². The first-order chi connectivity index (χ1) is 6.37. The van der Waals surface area contributed by atoms with Gasteiger partial charge in [-0.25, -0.2) is 0 Å². The number of hydrogen-bond donors (Lipinski definition) is 2. The number of ether oxygens (including phenoxy) is 1. The summed E-state index contributed by atoms with van der Waals surface area (Å²) in [6.07, 6.45) is 5.26. The second kappa shape index (κ2) is 3.95. The van der Waals surface area contributed by atoms with Gasteiger partial charge in [-0.15, -0.1) is 0 Å². The minimum atomic E-state index is 0.293. The molecule has 2 saturated heterocycles. The van der Waals surface area contributed by atoms with Crippen LogP contribution in [0, 0.1) is 5.41 Å². The van der Waals surface area contributed by atoms with Crippen molar-refractivity contribution in [2.24, 2.45) is 11.1 Å². The first kappa shape index (κ1) is 9.44. The van der Waals surface area contributed by atoms with E-state index in [1.807, 2.05) is 0 Å². The third kappa shape index (κ3) is 1.73. The predicted octanol–water partition coefficient (Wildman–Crippen LogP) is 0.494. The van der Waals surface area contributed by atoms with Gasteiger partial charge in [0, 0.05) is 18.6 Å². The van der Waals surface area contributed by atoms with Gasteiger partial charge in [-0.3, -0.25) is 0 Å². The van der Waals surface area contributed by atoms with Crippen molar-refractivity contribution in [1.29, 1.82) is 0 Å². The number of nitrogens with one attached hydrogen (secondary N) is 1. The Morgan fingerprint density at radius 1 is 1.38 bits per heavy atom. The van der Waals surface area contributed by atoms with Gasteiger partial charge in [0.15, 0.2) is 0 Å². The molecule has 3 N–H and O–H groups in total. The van der Waals surface area contributed by atoms with E-state index in [1.54, 1.807) is 0 Å². The van der Waals surface area contributed by atoms with Gasteiger partial charge < -0.3 is 15.8 Å². The van der Waals surface area contributed by atoms with Gasteiger partial charge in [-0.1, -0.05) is 0 Å². The number of piperidine rings is 1. The van der Waals surface area contributed by atoms with Crippen molar-refractivity contribution >= 4 is 0 Å². The lowest BCUT2D eigenvalue weighted by atomic mass is 9.73. The van der Waals surface area contributed by atoms with Crippen LogP contribution in [0.2, 0.25) is 0 Å². The SMILES string of the molecule is NCC1(C2CCCO2)CCNCC1. The number of hydrogen-bond acceptors (Lipinski definition) is 3. The van der Waals surface area contributed by atoms with E-state index in [0.717, 1.165) is 26.2 Å². The summed E-state index contributed by atoms with van der Waals surface area (Å²) >= 11 is 0. The lowest BCUT2D eigenvalue weighted by molar-refractivity contribution is -0.0144. The first-order valence-corrected chi connectivity index (χ1v) is 5.40. The van der Waals surface area contributed by atoms with Gasteiger partial charge in [0.05, 0.1) is 6.10 Å². The van der Waals surface area contributed by atoms with Crippen molar-refractivity contribution in [3.63, 3.8) is 0 Å². The fraction of sp³-hybridized carbons (Fsp3) is 1.00. The zero-order valence-electron chi connectivity index (χ0n) is 8.22. The smallest absolute Gasteiger partial charge is 0.0645 e. The van der Waals surface area contributed by atoms with Gasteiger partial charge in [0.1, 0.15) is 0 Å². The minimum Gasteiger partial charge on any atom is -0.378 e. The predicted molar refractivity (Wildman–Crippen MR) is 52.6 cm³/mol. The molecule has 0 aliphatic carbocycles. The Labute approximate surface area is 80.0 Å². The Hall–Kier alpha value is -0.120. The van der Waals surface area contributed by atoms with Crippen molar-refractivity contribution in [2.45, 2.75) is 31.8 Å². The van der Waals surface area contributed by atoms with E-state index >= 15 is 0 Å². The normalized spacial score (nSPS) is 33.5. The Morgan fingerprint density at radius 2 is 2.15 bits per heavy atom. The standard InChI is InChI=1S/C10H20N2O/c11-8-10(3-5-12-6-4-10)9-2-1-7-13-9/h9,12H,1-8,11H2. The lowest BCUT2D eigenvalue weighted by Gasteiger charge is -2.40. The van der Waals surface area contributed by atoms with Gasteiger partial charge in [0.25, 0.3) is 0 Å². The largest absolute Gasteiger partial charge is 0.378 e. The quantitative estimate of drug-likeness (QED) is 0.657. The topological polar surface area (TPSA) is 47.3 Å². The minimum absolute atomic E-state index is 0.293. The average molecular weight is 184 g/mol. The van der Waals surface area contributed by atoms with E-state index in [-0.39, 0.29) is 0 Å². The second-order valence-corrected chi connectivity index (χ2v) is 4.32. The maximum atomic E-state index is 5.91. The molecule has 0 aromatic heterocycles. The van der Waals surface area contributed by atoms with Crippen LogP contribution in [0.15, 0.2) is 0 Å². The molecule has 76 valence electrons. The summed E-state index contributed by atoms with van der Waals surface area (Å²) in [6.45, 7) is 3.95. The molecule has 2 heterocycles. The summed E-state index contributed by atoms with van der Waals surface area (Å²) in [5, 5.41) is 3.39. The Balaban J connectivity index is 2.03. The molecule has 0 amide bonds. The highest BCUT2D eigenvalue weighted by Gasteiger charge is 2.40. The van der Waals surface area contributed by atoms with Crippen LogP contribution in [0.4, 0.5) is 0 Å². The fourth-order valence-corrected chi connectivity index (χ4v) is 2.64. The summed E-state index contributed by atoms with van der Waals surface area (Å²) in [6, 6.07) is 0. The maximum absolute atomic E-state index is 5.91. The summed E-state index contributed by atoms with van der Waals surface area (Å²) in [7, 11) is 0. The van der Waals surface area contributed by atoms with Crippen molar-refractivity contribution in [2.75, 3.05) is 26.2 Å². The van der Waals surface area contributed by atoms with Crippen molar-refractivity contribution in [1.82, 2.24) is 5.32 Å². The fourth-order valence-electron chi connectivity index (χ4n) is 2.64. The molecular formula is C10H20N2O. The molecule has 0 radical (unpaired) electrons. The van der Waals surface area contributed by atoms with E-state index < -0.39 is 0 Å². The summed E-state index contributed by atoms with van der Waals surface area (Å²) in [5.74, 6) is 0. The Kier molecular flexibility index (Phi) is 2.86. The zero-order valence-corrected chi connectivity index (χ0v) is 8.22. The highest BCUT2D eigenvalue weighted by atomic mass is 16.5. The van der Waals surface area contributed by atoms with Crippen molar-refractivity contribution in [3.05, 3.63) is 0 Å². The Morgan fingerprint density at radius 3 is 2.69 bits per heavy atom. The summed E-state index contributed by atoms with van der Waals surface area (Å²) < 4.78 is 5.78. The van der Waals surface area contributed by atoms with Crippen LogP contribution >= 0.6 is 0 Å². The molecular weight excluding hydrogens is 164 g/mol. The number of nitrogens with two attached hydrogens (primary N) is 1. The molecule has 3 heteroatoms. The van der Waals surface area contributed by atoms with Crippen LogP contribution in [-0.4, -0.2) is 32.3 Å². The average Bonchev–Trinajstić information content (AvgIpc) is 2.72. The highest BCUT2D eigenvalue weighted by molar-refractivity contribution is 4.93. The molecule has 2 aliphatic heterocycles. The van der Waals surface area contributed by atoms with Gasteiger partial charge in [-0.05, 0) is 38.8 Å². The lowest BCUT2D eigenvalue weighted by Crippen LogP contribution is -2.48. The first-order valence-electron chi connectivity index (χ1n) is 5.40. The van der Waals surface area contributed by atoms with E-state index in [9.17, 15) is 0 Å². The van der Waals surface area contributed by atoms with Crippen LogP contribution in [-0.2, 0) is 4.74 Å². The molecule has 2 fully saturated rings. The van der Waals surface area contributed by atoms with Crippen LogP contribution in [0.5, 0.6) is 0 Å². The summed E-state index contributed by atoms with van der Waals surface area (Å²) in [4.78, 5) is 0. The highest BCUT2D eigenvalue weighted by Crippen LogP contribution is 2.38. The Bertz CT molecular complexity index is 160. The van der Waals surface area contributed by atoms with Crippen LogP contribution in [0.25, 0.3) is 0 Å². The van der Waals surface area contributed by atoms with E-state index in [2.05, 4.69) is 5.32 Å². The van der Waals surface area contributed by atoms with Crippen LogP contribution in [0.3, 0.4) is 0 Å². The summed E-state index contributed by atoms with van der Waals surface area (Å²) in [5.41, 5.74) is 6.20. The van der Waals surface area contributed by atoms with Crippen LogP contribution < -0.4 is 11.1 Å². The molecule has 13 heavy (non-hydrogen) atoms. The molecule has 0 spiro atoms.